The molecule has 1 saturated heterocycles. The van der Waals surface area contributed by atoms with Crippen LogP contribution in [0.1, 0.15) is 6.42 Å². The number of fused-ring (bicyclic) bond motifs is 6. The molecule has 0 radical (unpaired) electrons. The van der Waals surface area contributed by atoms with Crippen LogP contribution in [0.25, 0.3) is 10.8 Å². The molecule has 0 spiro atoms. The predicted molar refractivity (Wildman–Crippen MR) is 89.7 cm³/mol. The van der Waals surface area contributed by atoms with Gasteiger partial charge in [0, 0.05) is 27.6 Å². The Labute approximate surface area is 141 Å². The number of carbonyl (C=O) groups excluding carboxylic acids is 2. The van der Waals surface area contributed by atoms with Gasteiger partial charge in [0.05, 0.1) is 17.5 Å². The summed E-state index contributed by atoms with van der Waals surface area (Å²) in [6, 6.07) is 5.61. The molecule has 4 atom stereocenters. The standard InChI is InChI=1S/C18H13BrN2O2/c19-13-3-4-14(12-8-20-6-5-11(12)13)21-17(22)15-9-1-2-10(7-9)16(15)18(21)23/h1-6,8-10,15-16H,7H2/t9-,10+,15-,16+. The van der Waals surface area contributed by atoms with E-state index in [9.17, 15) is 9.59 Å². The van der Waals surface area contributed by atoms with E-state index in [2.05, 4.69) is 33.1 Å². The summed E-state index contributed by atoms with van der Waals surface area (Å²) >= 11 is 3.52. The zero-order chi connectivity index (χ0) is 15.7. The van der Waals surface area contributed by atoms with E-state index in [4.69, 9.17) is 0 Å². The summed E-state index contributed by atoms with van der Waals surface area (Å²) in [5, 5.41) is 1.78. The summed E-state index contributed by atoms with van der Waals surface area (Å²) in [5.41, 5.74) is 0.653. The number of anilines is 1. The van der Waals surface area contributed by atoms with Crippen LogP contribution in [0.15, 0.2) is 47.2 Å². The first-order chi connectivity index (χ1) is 11.2. The molecular weight excluding hydrogens is 356 g/mol. The fourth-order valence-electron chi connectivity index (χ4n) is 4.47. The Kier molecular flexibility index (Phi) is 2.63. The van der Waals surface area contributed by atoms with E-state index >= 15 is 0 Å². The van der Waals surface area contributed by atoms with Crippen LogP contribution in [0.4, 0.5) is 5.69 Å². The Balaban J connectivity index is 1.68. The van der Waals surface area contributed by atoms with Gasteiger partial charge in [-0.3, -0.25) is 14.6 Å². The first-order valence-electron chi connectivity index (χ1n) is 7.75. The highest BCUT2D eigenvalue weighted by Crippen LogP contribution is 2.53. The lowest BCUT2D eigenvalue weighted by molar-refractivity contribution is -0.123. The maximum absolute atomic E-state index is 13.0. The van der Waals surface area contributed by atoms with E-state index in [1.165, 1.54) is 4.90 Å². The van der Waals surface area contributed by atoms with Crippen molar-refractivity contribution >= 4 is 44.2 Å². The lowest BCUT2D eigenvalue weighted by Crippen LogP contribution is -2.33. The molecule has 0 unspecified atom stereocenters. The molecule has 5 rings (SSSR count). The Bertz CT molecular complexity index is 877. The number of pyridine rings is 1. The SMILES string of the molecule is O=C1[C@@H]2[C@H](C(=O)N1c1ccc(Br)c3ccncc13)[C@@H]1C=C[C@H]2C1. The molecule has 5 heteroatoms. The van der Waals surface area contributed by atoms with E-state index in [1.807, 2.05) is 18.2 Å². The molecule has 2 aliphatic carbocycles. The van der Waals surface area contributed by atoms with Crippen LogP contribution in [0.3, 0.4) is 0 Å². The molecule has 1 saturated carbocycles. The summed E-state index contributed by atoms with van der Waals surface area (Å²) in [4.78, 5) is 31.5. The van der Waals surface area contributed by atoms with E-state index in [0.29, 0.717) is 5.69 Å². The predicted octanol–water partition coefficient (Wildman–Crippen LogP) is 3.31. The lowest BCUT2D eigenvalue weighted by Gasteiger charge is -2.19. The number of nitrogens with zero attached hydrogens (tertiary/aromatic N) is 2. The minimum absolute atomic E-state index is 0.0516. The molecule has 2 amide bonds. The normalized spacial score (nSPS) is 31.4. The smallest absolute Gasteiger partial charge is 0.238 e. The largest absolute Gasteiger partial charge is 0.274 e. The first-order valence-corrected chi connectivity index (χ1v) is 8.54. The Hall–Kier alpha value is -2.01. The second kappa shape index (κ2) is 4.51. The monoisotopic (exact) mass is 368 g/mol. The summed E-state index contributed by atoms with van der Waals surface area (Å²) < 4.78 is 0.930. The molecule has 1 aromatic carbocycles. The highest BCUT2D eigenvalue weighted by atomic mass is 79.9. The van der Waals surface area contributed by atoms with Gasteiger partial charge >= 0.3 is 0 Å². The zero-order valence-corrected chi connectivity index (χ0v) is 13.7. The van der Waals surface area contributed by atoms with Crippen LogP contribution in [-0.2, 0) is 9.59 Å². The Morgan fingerprint density at radius 3 is 2.39 bits per heavy atom. The molecule has 4 nitrogen and oxygen atoms in total. The number of allylic oxidation sites excluding steroid dienone is 2. The minimum atomic E-state index is -0.173. The number of benzene rings is 1. The number of imide groups is 1. The summed E-state index contributed by atoms with van der Waals surface area (Å²) in [6.45, 7) is 0. The maximum Gasteiger partial charge on any atom is 0.238 e. The van der Waals surface area contributed by atoms with Crippen LogP contribution in [0, 0.1) is 23.7 Å². The van der Waals surface area contributed by atoms with Gasteiger partial charge in [0.2, 0.25) is 11.8 Å². The van der Waals surface area contributed by atoms with Gasteiger partial charge in [-0.2, -0.15) is 0 Å². The van der Waals surface area contributed by atoms with Gasteiger partial charge in [-0.05, 0) is 36.5 Å². The van der Waals surface area contributed by atoms with E-state index < -0.39 is 0 Å². The number of hydrogen-bond acceptors (Lipinski definition) is 3. The van der Waals surface area contributed by atoms with Gasteiger partial charge in [0.1, 0.15) is 0 Å². The van der Waals surface area contributed by atoms with Gasteiger partial charge in [-0.1, -0.05) is 28.1 Å². The topological polar surface area (TPSA) is 50.3 Å². The van der Waals surface area contributed by atoms with Crippen molar-refractivity contribution in [2.24, 2.45) is 23.7 Å². The van der Waals surface area contributed by atoms with Gasteiger partial charge in [-0.15, -0.1) is 0 Å². The number of amides is 2. The van der Waals surface area contributed by atoms with Gasteiger partial charge in [-0.25, -0.2) is 4.90 Å². The quantitative estimate of drug-likeness (QED) is 0.573. The number of rotatable bonds is 1. The van der Waals surface area contributed by atoms with Crippen LogP contribution < -0.4 is 4.90 Å². The molecule has 2 bridgehead atoms. The average molecular weight is 369 g/mol. The molecule has 0 N–H and O–H groups in total. The number of carbonyl (C=O) groups is 2. The van der Waals surface area contributed by atoms with Crippen molar-refractivity contribution in [1.82, 2.24) is 4.98 Å². The maximum atomic E-state index is 13.0. The number of hydrogen-bond donors (Lipinski definition) is 0. The minimum Gasteiger partial charge on any atom is -0.274 e. The van der Waals surface area contributed by atoms with Crippen LogP contribution in [0.5, 0.6) is 0 Å². The molecule has 23 heavy (non-hydrogen) atoms. The van der Waals surface area contributed by atoms with Crippen LogP contribution >= 0.6 is 15.9 Å². The fraction of sp³-hybridized carbons (Fsp3) is 0.278. The second-order valence-corrected chi connectivity index (χ2v) is 7.35. The molecular formula is C18H13BrN2O2. The summed E-state index contributed by atoms with van der Waals surface area (Å²) in [5.74, 6) is 0.00645. The van der Waals surface area contributed by atoms with E-state index in [-0.39, 0.29) is 35.5 Å². The average Bonchev–Trinajstić information content (AvgIpc) is 3.24. The molecule has 2 heterocycles. The van der Waals surface area contributed by atoms with Crippen LogP contribution in [0.2, 0.25) is 0 Å². The second-order valence-electron chi connectivity index (χ2n) is 6.50. The third-order valence-electron chi connectivity index (χ3n) is 5.45. The summed E-state index contributed by atoms with van der Waals surface area (Å²) in [7, 11) is 0. The highest BCUT2D eigenvalue weighted by molar-refractivity contribution is 9.10. The third-order valence-corrected chi connectivity index (χ3v) is 6.14. The molecule has 114 valence electrons. The van der Waals surface area contributed by atoms with E-state index in [1.54, 1.807) is 12.4 Å². The van der Waals surface area contributed by atoms with Crippen molar-refractivity contribution < 1.29 is 9.59 Å². The number of aromatic nitrogens is 1. The molecule has 2 fully saturated rings. The van der Waals surface area contributed by atoms with Crippen molar-refractivity contribution in [2.75, 3.05) is 4.90 Å². The molecule has 1 aliphatic heterocycles. The van der Waals surface area contributed by atoms with E-state index in [0.717, 1.165) is 21.7 Å². The summed E-state index contributed by atoms with van der Waals surface area (Å²) in [6.07, 6.45) is 8.60. The fourth-order valence-corrected chi connectivity index (χ4v) is 4.95. The van der Waals surface area contributed by atoms with Gasteiger partial charge < -0.3 is 0 Å². The van der Waals surface area contributed by atoms with Gasteiger partial charge in [0.25, 0.3) is 0 Å². The van der Waals surface area contributed by atoms with Gasteiger partial charge in [0.15, 0.2) is 0 Å². The third kappa shape index (κ3) is 1.63. The Morgan fingerprint density at radius 2 is 1.70 bits per heavy atom. The first kappa shape index (κ1) is 13.4. The van der Waals surface area contributed by atoms with Crippen molar-refractivity contribution in [2.45, 2.75) is 6.42 Å². The Morgan fingerprint density at radius 1 is 1.00 bits per heavy atom. The number of halogens is 1. The molecule has 1 aromatic heterocycles. The lowest BCUT2D eigenvalue weighted by atomic mass is 9.85. The highest BCUT2D eigenvalue weighted by Gasteiger charge is 2.59. The van der Waals surface area contributed by atoms with Crippen LogP contribution in [-0.4, -0.2) is 16.8 Å². The zero-order valence-electron chi connectivity index (χ0n) is 12.1. The molecule has 3 aliphatic rings. The van der Waals surface area contributed by atoms with Crippen molar-refractivity contribution in [1.29, 1.82) is 0 Å². The van der Waals surface area contributed by atoms with Crippen molar-refractivity contribution in [3.05, 3.63) is 47.2 Å². The molecule has 2 aromatic rings. The van der Waals surface area contributed by atoms with Crippen molar-refractivity contribution in [3.8, 4) is 0 Å². The van der Waals surface area contributed by atoms with Crippen molar-refractivity contribution in [3.63, 3.8) is 0 Å².